The van der Waals surface area contributed by atoms with Crippen molar-refractivity contribution in [1.82, 2.24) is 4.90 Å². The summed E-state index contributed by atoms with van der Waals surface area (Å²) in [6.07, 6.45) is 1.56. The first-order valence-corrected chi connectivity index (χ1v) is 13.2. The van der Waals surface area contributed by atoms with Crippen molar-refractivity contribution >= 4 is 17.5 Å². The second kappa shape index (κ2) is 9.74. The molecule has 1 saturated carbocycles. The molecule has 2 atom stereocenters. The second-order valence-corrected chi connectivity index (χ2v) is 11.7. The summed E-state index contributed by atoms with van der Waals surface area (Å²) < 4.78 is 0. The van der Waals surface area contributed by atoms with Gasteiger partial charge in [-0.15, -0.1) is 0 Å². The van der Waals surface area contributed by atoms with Crippen LogP contribution in [0.15, 0.2) is 72.8 Å². The second-order valence-electron chi connectivity index (χ2n) is 11.7. The minimum absolute atomic E-state index is 0.0249. The Morgan fingerprint density at radius 1 is 0.917 bits per heavy atom. The molecule has 2 bridgehead atoms. The smallest absolute Gasteiger partial charge is 0.416 e. The van der Waals surface area contributed by atoms with E-state index in [0.717, 1.165) is 30.9 Å². The Labute approximate surface area is 215 Å². The molecule has 1 aliphatic carbocycles. The number of fused-ring (bicyclic) bond motifs is 2. The highest BCUT2D eigenvalue weighted by Crippen LogP contribution is 2.50. The van der Waals surface area contributed by atoms with Crippen molar-refractivity contribution < 1.29 is 9.90 Å². The zero-order valence-electron chi connectivity index (χ0n) is 21.9. The number of amides is 1. The van der Waals surface area contributed by atoms with Gasteiger partial charge in [0.05, 0.1) is 11.4 Å². The predicted molar refractivity (Wildman–Crippen MR) is 147 cm³/mol. The monoisotopic (exact) mass is 482 g/mol. The van der Waals surface area contributed by atoms with Gasteiger partial charge >= 0.3 is 6.09 Å². The van der Waals surface area contributed by atoms with Crippen LogP contribution >= 0.6 is 0 Å². The zero-order chi connectivity index (χ0) is 25.4. The fourth-order valence-electron chi connectivity index (χ4n) is 6.51. The van der Waals surface area contributed by atoms with Crippen LogP contribution in [0.3, 0.4) is 0 Å². The Hall–Kier alpha value is -3.11. The lowest BCUT2D eigenvalue weighted by Gasteiger charge is -2.39. The third kappa shape index (κ3) is 4.79. The van der Waals surface area contributed by atoms with Crippen LogP contribution in [0.4, 0.5) is 16.2 Å². The first-order valence-electron chi connectivity index (χ1n) is 13.2. The van der Waals surface area contributed by atoms with Crippen molar-refractivity contribution in [3.05, 3.63) is 95.1 Å². The molecule has 2 unspecified atom stereocenters. The third-order valence-electron chi connectivity index (χ3n) is 8.29. The number of benzene rings is 3. The van der Waals surface area contributed by atoms with Gasteiger partial charge in [-0.1, -0.05) is 75.4 Å². The standard InChI is InChI=1S/C32H38N2O2/c1-22-28(30-24-13-14-25(30)21-33(20-24)19-23-9-6-5-7-10-23)11-8-12-29(22)34(31(35)36)27-17-15-26(16-18-27)32(2,3)4/h5-12,15-18,24-25,30H,13-14,19-21H2,1-4H3,(H,35,36). The molecule has 0 aromatic heterocycles. The highest BCUT2D eigenvalue weighted by atomic mass is 16.4. The van der Waals surface area contributed by atoms with Gasteiger partial charge in [0.1, 0.15) is 0 Å². The molecule has 1 saturated heterocycles. The van der Waals surface area contributed by atoms with Crippen molar-refractivity contribution in [3.63, 3.8) is 0 Å². The molecule has 36 heavy (non-hydrogen) atoms. The zero-order valence-corrected chi connectivity index (χ0v) is 21.9. The van der Waals surface area contributed by atoms with Gasteiger partial charge in [0.2, 0.25) is 0 Å². The van der Waals surface area contributed by atoms with Gasteiger partial charge in [0.15, 0.2) is 0 Å². The number of anilines is 2. The Morgan fingerprint density at radius 3 is 2.14 bits per heavy atom. The summed E-state index contributed by atoms with van der Waals surface area (Å²) in [6, 6.07) is 25.0. The molecule has 0 radical (unpaired) electrons. The molecule has 1 amide bonds. The summed E-state index contributed by atoms with van der Waals surface area (Å²) in [5.74, 6) is 1.73. The van der Waals surface area contributed by atoms with Crippen LogP contribution in [0.5, 0.6) is 0 Å². The first-order chi connectivity index (χ1) is 17.2. The SMILES string of the molecule is Cc1c(C2C3CCC2CN(Cc2ccccc2)C3)cccc1N(C(=O)O)c1ccc(C(C)(C)C)cc1. The number of piperidine rings is 1. The van der Waals surface area contributed by atoms with Crippen molar-refractivity contribution in [2.45, 2.75) is 58.4 Å². The van der Waals surface area contributed by atoms with E-state index in [4.69, 9.17) is 0 Å². The van der Waals surface area contributed by atoms with Crippen molar-refractivity contribution in [2.24, 2.45) is 11.8 Å². The number of likely N-dealkylation sites (tertiary alicyclic amines) is 1. The Balaban J connectivity index is 1.41. The van der Waals surface area contributed by atoms with Gasteiger partial charge in [-0.25, -0.2) is 9.69 Å². The molecule has 1 heterocycles. The molecular weight excluding hydrogens is 444 g/mol. The van der Waals surface area contributed by atoms with Gasteiger partial charge in [0.25, 0.3) is 0 Å². The average molecular weight is 483 g/mol. The number of nitrogens with zero attached hydrogens (tertiary/aromatic N) is 2. The van der Waals surface area contributed by atoms with Crippen LogP contribution in [-0.2, 0) is 12.0 Å². The summed E-state index contributed by atoms with van der Waals surface area (Å²) in [6.45, 7) is 11.8. The summed E-state index contributed by atoms with van der Waals surface area (Å²) in [5, 5.41) is 10.2. The van der Waals surface area contributed by atoms with Gasteiger partial charge in [0, 0.05) is 19.6 Å². The van der Waals surface area contributed by atoms with Crippen LogP contribution < -0.4 is 4.90 Å². The number of carboxylic acid groups (broad SMARTS) is 1. The van der Waals surface area contributed by atoms with Gasteiger partial charge in [-0.3, -0.25) is 4.90 Å². The van der Waals surface area contributed by atoms with E-state index in [9.17, 15) is 9.90 Å². The minimum Gasteiger partial charge on any atom is -0.464 e. The molecule has 2 aliphatic rings. The first kappa shape index (κ1) is 24.6. The molecule has 0 spiro atoms. The molecule has 3 aromatic rings. The van der Waals surface area contributed by atoms with Gasteiger partial charge in [-0.2, -0.15) is 0 Å². The number of hydrogen-bond acceptors (Lipinski definition) is 2. The maximum Gasteiger partial charge on any atom is 0.416 e. The summed E-state index contributed by atoms with van der Waals surface area (Å²) in [5.41, 5.74) is 6.49. The van der Waals surface area contributed by atoms with E-state index in [1.54, 1.807) is 0 Å². The Kier molecular flexibility index (Phi) is 6.65. The summed E-state index contributed by atoms with van der Waals surface area (Å²) >= 11 is 0. The van der Waals surface area contributed by atoms with E-state index in [-0.39, 0.29) is 5.41 Å². The van der Waals surface area contributed by atoms with Crippen LogP contribution in [0.25, 0.3) is 0 Å². The van der Waals surface area contributed by atoms with Crippen LogP contribution in [0.2, 0.25) is 0 Å². The third-order valence-corrected chi connectivity index (χ3v) is 8.29. The number of rotatable bonds is 5. The Bertz CT molecular complexity index is 1200. The van der Waals surface area contributed by atoms with E-state index in [1.165, 1.54) is 34.4 Å². The number of carbonyl (C=O) groups is 1. The van der Waals surface area contributed by atoms with Crippen LogP contribution in [-0.4, -0.2) is 29.2 Å². The minimum atomic E-state index is -0.945. The van der Waals surface area contributed by atoms with E-state index in [1.807, 2.05) is 36.4 Å². The van der Waals surface area contributed by atoms with Crippen molar-refractivity contribution in [3.8, 4) is 0 Å². The van der Waals surface area contributed by atoms with E-state index in [0.29, 0.717) is 23.4 Å². The van der Waals surface area contributed by atoms with E-state index in [2.05, 4.69) is 69.0 Å². The molecule has 188 valence electrons. The molecular formula is C32H38N2O2. The molecule has 5 rings (SSSR count). The summed E-state index contributed by atoms with van der Waals surface area (Å²) in [4.78, 5) is 16.6. The van der Waals surface area contributed by atoms with Crippen molar-refractivity contribution in [2.75, 3.05) is 18.0 Å². The van der Waals surface area contributed by atoms with Gasteiger partial charge < -0.3 is 5.11 Å². The highest BCUT2D eigenvalue weighted by molar-refractivity contribution is 5.95. The molecule has 1 N–H and O–H groups in total. The lowest BCUT2D eigenvalue weighted by Crippen LogP contribution is -2.40. The fourth-order valence-corrected chi connectivity index (χ4v) is 6.51. The summed E-state index contributed by atoms with van der Waals surface area (Å²) in [7, 11) is 0. The van der Waals surface area contributed by atoms with Crippen molar-refractivity contribution in [1.29, 1.82) is 0 Å². The lowest BCUT2D eigenvalue weighted by molar-refractivity contribution is 0.138. The van der Waals surface area contributed by atoms with Gasteiger partial charge in [-0.05, 0) is 83.4 Å². The average Bonchev–Trinajstić information content (AvgIpc) is 3.10. The lowest BCUT2D eigenvalue weighted by atomic mass is 9.78. The molecule has 4 nitrogen and oxygen atoms in total. The topological polar surface area (TPSA) is 43.8 Å². The molecule has 1 aliphatic heterocycles. The largest absolute Gasteiger partial charge is 0.464 e. The normalized spacial score (nSPS) is 21.9. The highest BCUT2D eigenvalue weighted by Gasteiger charge is 2.43. The quantitative estimate of drug-likeness (QED) is 0.404. The fraction of sp³-hybridized carbons (Fsp3) is 0.406. The van der Waals surface area contributed by atoms with E-state index < -0.39 is 6.09 Å². The van der Waals surface area contributed by atoms with Crippen LogP contribution in [0, 0.1) is 18.8 Å². The van der Waals surface area contributed by atoms with E-state index >= 15 is 0 Å². The maximum absolute atomic E-state index is 12.5. The number of hydrogen-bond donors (Lipinski definition) is 1. The molecule has 4 heteroatoms. The molecule has 3 aromatic carbocycles. The maximum atomic E-state index is 12.5. The Morgan fingerprint density at radius 2 is 1.56 bits per heavy atom. The van der Waals surface area contributed by atoms with Crippen LogP contribution in [0.1, 0.15) is 61.8 Å². The molecule has 2 fully saturated rings. The predicted octanol–water partition coefficient (Wildman–Crippen LogP) is 7.73.